The molecule has 0 heterocycles. The predicted molar refractivity (Wildman–Crippen MR) is 80.6 cm³/mol. The molecule has 1 aliphatic carbocycles. The van der Waals surface area contributed by atoms with Crippen LogP contribution in [0.5, 0.6) is 0 Å². The van der Waals surface area contributed by atoms with Crippen LogP contribution in [-0.2, 0) is 10.0 Å². The van der Waals surface area contributed by atoms with Gasteiger partial charge in [0, 0.05) is 18.6 Å². The van der Waals surface area contributed by atoms with Crippen molar-refractivity contribution in [2.24, 2.45) is 5.73 Å². The van der Waals surface area contributed by atoms with Crippen LogP contribution in [0.2, 0.25) is 0 Å². The minimum absolute atomic E-state index is 0.245. The maximum absolute atomic E-state index is 12.6. The Morgan fingerprint density at radius 2 is 1.63 bits per heavy atom. The standard InChI is InChI=1S/C14H30N2O2S/c1-3-11-16(19(17,18)12-4-2)14(13-15)9-7-5-6-8-10-14/h3-13,15H2,1-2H3. The second-order valence-corrected chi connectivity index (χ2v) is 7.74. The van der Waals surface area contributed by atoms with Crippen molar-refractivity contribution in [1.82, 2.24) is 4.31 Å². The summed E-state index contributed by atoms with van der Waals surface area (Å²) in [4.78, 5) is 0. The van der Waals surface area contributed by atoms with Gasteiger partial charge in [0.2, 0.25) is 10.0 Å². The van der Waals surface area contributed by atoms with E-state index in [1.165, 1.54) is 12.8 Å². The van der Waals surface area contributed by atoms with E-state index in [0.717, 1.165) is 32.1 Å². The Hall–Kier alpha value is -0.130. The highest BCUT2D eigenvalue weighted by Gasteiger charge is 2.41. The molecular weight excluding hydrogens is 260 g/mol. The van der Waals surface area contributed by atoms with E-state index in [1.54, 1.807) is 4.31 Å². The fourth-order valence-corrected chi connectivity index (χ4v) is 5.23. The van der Waals surface area contributed by atoms with Crippen molar-refractivity contribution >= 4 is 10.0 Å². The van der Waals surface area contributed by atoms with E-state index in [0.29, 0.717) is 19.5 Å². The minimum atomic E-state index is -3.17. The zero-order chi connectivity index (χ0) is 14.4. The third-order valence-corrected chi connectivity index (χ3v) is 6.33. The van der Waals surface area contributed by atoms with Gasteiger partial charge in [-0.1, -0.05) is 39.5 Å². The molecule has 0 unspecified atom stereocenters. The van der Waals surface area contributed by atoms with Crippen LogP contribution in [-0.4, -0.2) is 37.1 Å². The largest absolute Gasteiger partial charge is 0.329 e. The van der Waals surface area contributed by atoms with E-state index in [1.807, 2.05) is 13.8 Å². The van der Waals surface area contributed by atoms with Crippen LogP contribution in [0, 0.1) is 0 Å². The monoisotopic (exact) mass is 290 g/mol. The van der Waals surface area contributed by atoms with Crippen molar-refractivity contribution in [1.29, 1.82) is 0 Å². The van der Waals surface area contributed by atoms with Gasteiger partial charge in [-0.25, -0.2) is 8.42 Å². The van der Waals surface area contributed by atoms with E-state index in [-0.39, 0.29) is 11.3 Å². The molecule has 19 heavy (non-hydrogen) atoms. The van der Waals surface area contributed by atoms with E-state index < -0.39 is 10.0 Å². The van der Waals surface area contributed by atoms with Gasteiger partial charge in [0.05, 0.1) is 5.75 Å². The Bertz CT molecular complexity index is 346. The smallest absolute Gasteiger partial charge is 0.214 e. The first-order chi connectivity index (χ1) is 9.02. The van der Waals surface area contributed by atoms with Gasteiger partial charge in [-0.05, 0) is 25.7 Å². The minimum Gasteiger partial charge on any atom is -0.329 e. The van der Waals surface area contributed by atoms with Crippen molar-refractivity contribution < 1.29 is 8.42 Å². The Morgan fingerprint density at radius 1 is 1.05 bits per heavy atom. The topological polar surface area (TPSA) is 63.4 Å². The summed E-state index contributed by atoms with van der Waals surface area (Å²) in [5, 5.41) is 0. The highest BCUT2D eigenvalue weighted by atomic mass is 32.2. The molecule has 5 heteroatoms. The predicted octanol–water partition coefficient (Wildman–Crippen LogP) is 2.49. The van der Waals surface area contributed by atoms with E-state index in [9.17, 15) is 8.42 Å². The molecule has 0 amide bonds. The van der Waals surface area contributed by atoms with E-state index in [2.05, 4.69) is 0 Å². The average Bonchev–Trinajstić information content (AvgIpc) is 2.62. The summed E-state index contributed by atoms with van der Waals surface area (Å²) in [7, 11) is -3.17. The van der Waals surface area contributed by atoms with Crippen molar-refractivity contribution in [2.75, 3.05) is 18.8 Å². The SMILES string of the molecule is CCCN(C1(CN)CCCCCC1)S(=O)(=O)CCC. The molecule has 2 N–H and O–H groups in total. The normalized spacial score (nSPS) is 20.4. The second-order valence-electron chi connectivity index (χ2n) is 5.73. The van der Waals surface area contributed by atoms with Gasteiger partial charge in [-0.15, -0.1) is 0 Å². The first-order valence-electron chi connectivity index (χ1n) is 7.73. The molecule has 1 fully saturated rings. The fraction of sp³-hybridized carbons (Fsp3) is 1.00. The fourth-order valence-electron chi connectivity index (χ4n) is 3.18. The molecule has 0 bridgehead atoms. The molecule has 0 spiro atoms. The zero-order valence-corrected chi connectivity index (χ0v) is 13.3. The van der Waals surface area contributed by atoms with Crippen LogP contribution in [0.3, 0.4) is 0 Å². The molecule has 0 aromatic carbocycles. The lowest BCUT2D eigenvalue weighted by Gasteiger charge is -2.42. The Balaban J connectivity index is 3.05. The van der Waals surface area contributed by atoms with E-state index in [4.69, 9.17) is 5.73 Å². The van der Waals surface area contributed by atoms with Gasteiger partial charge in [-0.2, -0.15) is 4.31 Å². The molecule has 0 aromatic heterocycles. The van der Waals surface area contributed by atoms with E-state index >= 15 is 0 Å². The maximum Gasteiger partial charge on any atom is 0.214 e. The number of hydrogen-bond donors (Lipinski definition) is 1. The summed E-state index contributed by atoms with van der Waals surface area (Å²) < 4.78 is 26.9. The number of sulfonamides is 1. The lowest BCUT2D eigenvalue weighted by Crippen LogP contribution is -2.56. The number of nitrogens with two attached hydrogens (primary N) is 1. The average molecular weight is 290 g/mol. The summed E-state index contributed by atoms with van der Waals surface area (Å²) in [6, 6.07) is 0. The lowest BCUT2D eigenvalue weighted by atomic mass is 9.90. The lowest BCUT2D eigenvalue weighted by molar-refractivity contribution is 0.167. The highest BCUT2D eigenvalue weighted by molar-refractivity contribution is 7.89. The molecule has 114 valence electrons. The summed E-state index contributed by atoms with van der Waals surface area (Å²) in [6.45, 7) is 5.02. The maximum atomic E-state index is 12.6. The first-order valence-corrected chi connectivity index (χ1v) is 9.34. The summed E-state index contributed by atoms with van der Waals surface area (Å²) in [5.41, 5.74) is 5.71. The summed E-state index contributed by atoms with van der Waals surface area (Å²) in [6.07, 6.45) is 7.97. The zero-order valence-electron chi connectivity index (χ0n) is 12.5. The molecule has 4 nitrogen and oxygen atoms in total. The van der Waals surface area contributed by atoms with Gasteiger partial charge in [-0.3, -0.25) is 0 Å². The van der Waals surface area contributed by atoms with Crippen LogP contribution in [0.4, 0.5) is 0 Å². The molecule has 1 rings (SSSR count). The molecule has 0 radical (unpaired) electrons. The first kappa shape index (κ1) is 16.9. The molecule has 0 saturated heterocycles. The molecule has 1 saturated carbocycles. The summed E-state index contributed by atoms with van der Waals surface area (Å²) in [5.74, 6) is 0.245. The third kappa shape index (κ3) is 4.17. The molecular formula is C14H30N2O2S. The second kappa shape index (κ2) is 7.60. The quantitative estimate of drug-likeness (QED) is 0.733. The number of hydrogen-bond acceptors (Lipinski definition) is 3. The Kier molecular flexibility index (Phi) is 6.77. The third-order valence-electron chi connectivity index (χ3n) is 4.17. The van der Waals surface area contributed by atoms with Crippen LogP contribution in [0.15, 0.2) is 0 Å². The van der Waals surface area contributed by atoms with Crippen molar-refractivity contribution in [2.45, 2.75) is 70.8 Å². The van der Waals surface area contributed by atoms with Gasteiger partial charge < -0.3 is 5.73 Å². The Labute approximate surface area is 118 Å². The van der Waals surface area contributed by atoms with Crippen LogP contribution < -0.4 is 5.73 Å². The van der Waals surface area contributed by atoms with Crippen LogP contribution >= 0.6 is 0 Å². The molecule has 0 aliphatic heterocycles. The molecule has 1 aliphatic rings. The van der Waals surface area contributed by atoms with Gasteiger partial charge in [0.25, 0.3) is 0 Å². The number of nitrogens with zero attached hydrogens (tertiary/aromatic N) is 1. The van der Waals surface area contributed by atoms with Gasteiger partial charge >= 0.3 is 0 Å². The molecule has 0 aromatic rings. The van der Waals surface area contributed by atoms with Gasteiger partial charge in [0.15, 0.2) is 0 Å². The van der Waals surface area contributed by atoms with Gasteiger partial charge in [0.1, 0.15) is 0 Å². The number of rotatable bonds is 7. The Morgan fingerprint density at radius 3 is 2.05 bits per heavy atom. The van der Waals surface area contributed by atoms with Crippen LogP contribution in [0.25, 0.3) is 0 Å². The van der Waals surface area contributed by atoms with Crippen LogP contribution in [0.1, 0.15) is 65.2 Å². The van der Waals surface area contributed by atoms with Crippen molar-refractivity contribution in [3.63, 3.8) is 0 Å². The molecule has 0 atom stereocenters. The highest BCUT2D eigenvalue weighted by Crippen LogP contribution is 2.34. The van der Waals surface area contributed by atoms with Crippen molar-refractivity contribution in [3.05, 3.63) is 0 Å². The van der Waals surface area contributed by atoms with Crippen molar-refractivity contribution in [3.8, 4) is 0 Å². The summed E-state index contributed by atoms with van der Waals surface area (Å²) >= 11 is 0.